The summed E-state index contributed by atoms with van der Waals surface area (Å²) in [5.41, 5.74) is 2.49. The lowest BCUT2D eigenvalue weighted by Gasteiger charge is -2.13. The number of carbonyl (C=O) groups excluding carboxylic acids is 3. The van der Waals surface area contributed by atoms with Crippen LogP contribution in [0.3, 0.4) is 0 Å². The Labute approximate surface area is 246 Å². The van der Waals surface area contributed by atoms with Gasteiger partial charge in [-0.2, -0.15) is 0 Å². The van der Waals surface area contributed by atoms with Crippen molar-refractivity contribution in [1.82, 2.24) is 20.2 Å². The van der Waals surface area contributed by atoms with Gasteiger partial charge in [-0.3, -0.25) is 14.4 Å². The topological polar surface area (TPSA) is 126 Å². The predicted molar refractivity (Wildman–Crippen MR) is 159 cm³/mol. The maximum atomic E-state index is 13.4. The highest BCUT2D eigenvalue weighted by Gasteiger charge is 2.10. The smallest absolute Gasteiger partial charge is 0.246 e. The first-order valence-corrected chi connectivity index (χ1v) is 13.2. The first-order valence-electron chi connectivity index (χ1n) is 12.8. The Morgan fingerprint density at radius 2 is 1.81 bits per heavy atom. The molecule has 0 atom stereocenters. The van der Waals surface area contributed by atoms with Crippen LogP contribution >= 0.6 is 11.6 Å². The summed E-state index contributed by atoms with van der Waals surface area (Å²) in [7, 11) is 3.16. The van der Waals surface area contributed by atoms with Crippen LogP contribution < -0.4 is 20.7 Å². The minimum absolute atomic E-state index is 0.0295. The number of hydrogen-bond donors (Lipinski definition) is 3. The van der Waals surface area contributed by atoms with Crippen LogP contribution in [0.25, 0.3) is 10.9 Å². The highest BCUT2D eigenvalue weighted by molar-refractivity contribution is 6.32. The van der Waals surface area contributed by atoms with Gasteiger partial charge in [-0.25, -0.2) is 14.4 Å². The number of rotatable bonds is 11. The van der Waals surface area contributed by atoms with Crippen molar-refractivity contribution in [3.05, 3.63) is 95.5 Å². The van der Waals surface area contributed by atoms with Gasteiger partial charge in [-0.05, 0) is 54.1 Å². The van der Waals surface area contributed by atoms with Crippen LogP contribution in [0.5, 0.6) is 5.75 Å². The van der Waals surface area contributed by atoms with Crippen molar-refractivity contribution in [2.75, 3.05) is 31.3 Å². The molecule has 4 rings (SSSR count). The van der Waals surface area contributed by atoms with E-state index in [1.54, 1.807) is 62.6 Å². The number of halogens is 2. The first kappa shape index (κ1) is 29.9. The van der Waals surface area contributed by atoms with Crippen LogP contribution in [0.15, 0.2) is 79.1 Å². The molecule has 0 aliphatic heterocycles. The van der Waals surface area contributed by atoms with Gasteiger partial charge in [0.05, 0.1) is 10.5 Å². The fourth-order valence-corrected chi connectivity index (χ4v) is 3.97. The van der Waals surface area contributed by atoms with Gasteiger partial charge in [0.25, 0.3) is 0 Å². The zero-order chi connectivity index (χ0) is 30.1. The second-order valence-corrected chi connectivity index (χ2v) is 9.71. The van der Waals surface area contributed by atoms with Crippen molar-refractivity contribution in [2.45, 2.75) is 13.0 Å². The van der Waals surface area contributed by atoms with E-state index < -0.39 is 5.91 Å². The molecule has 4 aromatic rings. The van der Waals surface area contributed by atoms with E-state index in [4.69, 9.17) is 16.3 Å². The zero-order valence-electron chi connectivity index (χ0n) is 22.9. The molecule has 1 aromatic heterocycles. The molecule has 3 aromatic carbocycles. The number of aromatic nitrogens is 2. The highest BCUT2D eigenvalue weighted by atomic mass is 35.5. The van der Waals surface area contributed by atoms with Crippen LogP contribution in [0, 0.1) is 5.82 Å². The number of anilines is 3. The third-order valence-electron chi connectivity index (χ3n) is 5.87. The number of nitrogens with zero attached hydrogens (tertiary/aromatic N) is 3. The van der Waals surface area contributed by atoms with Crippen LogP contribution in [0.1, 0.15) is 12.0 Å². The van der Waals surface area contributed by atoms with Crippen molar-refractivity contribution in [3.8, 4) is 5.75 Å². The van der Waals surface area contributed by atoms with Gasteiger partial charge < -0.3 is 25.6 Å². The Bertz CT molecular complexity index is 1650. The predicted octanol–water partition coefficient (Wildman–Crippen LogP) is 4.83. The summed E-state index contributed by atoms with van der Waals surface area (Å²) in [6, 6.07) is 16.5. The highest BCUT2D eigenvalue weighted by Crippen LogP contribution is 2.31. The monoisotopic (exact) mass is 590 g/mol. The molecule has 0 bridgehead atoms. The van der Waals surface area contributed by atoms with Gasteiger partial charge >= 0.3 is 0 Å². The quantitative estimate of drug-likeness (QED) is 0.214. The summed E-state index contributed by atoms with van der Waals surface area (Å²) >= 11 is 6.43. The van der Waals surface area contributed by atoms with E-state index >= 15 is 0 Å². The molecule has 0 saturated carbocycles. The molecule has 1 heterocycles. The summed E-state index contributed by atoms with van der Waals surface area (Å²) < 4.78 is 19.2. The lowest BCUT2D eigenvalue weighted by Crippen LogP contribution is -2.27. The van der Waals surface area contributed by atoms with Gasteiger partial charge in [0, 0.05) is 56.0 Å². The Hall–Kier alpha value is -5.03. The van der Waals surface area contributed by atoms with E-state index in [0.717, 1.165) is 12.2 Å². The molecular formula is C30H28ClFN6O4. The third-order valence-corrected chi connectivity index (χ3v) is 6.16. The number of amides is 3. The van der Waals surface area contributed by atoms with Gasteiger partial charge in [0.2, 0.25) is 17.7 Å². The zero-order valence-corrected chi connectivity index (χ0v) is 23.6. The SMILES string of the molecule is CN(C)C(=O)C=CC(=O)NCCC(=O)Nc1ccc2ncnc(Nc3ccc(OCc4cccc(F)c4)c(Cl)c3)c2c1. The van der Waals surface area contributed by atoms with E-state index in [1.165, 1.54) is 23.4 Å². The molecule has 0 aliphatic carbocycles. The molecule has 12 heteroatoms. The summed E-state index contributed by atoms with van der Waals surface area (Å²) in [4.78, 5) is 45.8. The fraction of sp³-hybridized carbons (Fsp3) is 0.167. The van der Waals surface area contributed by atoms with Crippen LogP contribution in [-0.4, -0.2) is 53.2 Å². The molecule has 0 unspecified atom stereocenters. The molecule has 10 nitrogen and oxygen atoms in total. The van der Waals surface area contributed by atoms with E-state index in [0.29, 0.717) is 44.4 Å². The number of ether oxygens (including phenoxy) is 1. The Balaban J connectivity index is 1.36. The summed E-state index contributed by atoms with van der Waals surface area (Å²) in [5.74, 6) is -0.499. The molecule has 0 fully saturated rings. The molecule has 0 saturated heterocycles. The Morgan fingerprint density at radius 3 is 2.57 bits per heavy atom. The number of nitrogens with one attached hydrogen (secondary N) is 3. The number of hydrogen-bond acceptors (Lipinski definition) is 7. The van der Waals surface area contributed by atoms with Crippen molar-refractivity contribution >= 4 is 57.4 Å². The summed E-state index contributed by atoms with van der Waals surface area (Å²) in [5, 5.41) is 9.59. The van der Waals surface area contributed by atoms with Gasteiger partial charge in [-0.15, -0.1) is 0 Å². The number of carbonyl (C=O) groups is 3. The lowest BCUT2D eigenvalue weighted by molar-refractivity contribution is -0.124. The number of fused-ring (bicyclic) bond motifs is 1. The fourth-order valence-electron chi connectivity index (χ4n) is 3.73. The Morgan fingerprint density at radius 1 is 1.00 bits per heavy atom. The molecule has 0 aliphatic rings. The van der Waals surface area contributed by atoms with Crippen LogP contribution in [0.2, 0.25) is 5.02 Å². The normalized spacial score (nSPS) is 10.9. The second-order valence-electron chi connectivity index (χ2n) is 9.30. The van der Waals surface area contributed by atoms with E-state index in [-0.39, 0.29) is 37.2 Å². The lowest BCUT2D eigenvalue weighted by atomic mass is 10.2. The molecule has 0 spiro atoms. The molecular weight excluding hydrogens is 563 g/mol. The largest absolute Gasteiger partial charge is 0.487 e. The van der Waals surface area contributed by atoms with Gasteiger partial charge in [0.15, 0.2) is 0 Å². The third kappa shape index (κ3) is 8.48. The number of likely N-dealkylation sites (N-methyl/N-ethyl adjacent to an activating group) is 1. The number of benzene rings is 3. The molecule has 3 N–H and O–H groups in total. The van der Waals surface area contributed by atoms with E-state index in [1.807, 2.05) is 0 Å². The molecule has 216 valence electrons. The minimum Gasteiger partial charge on any atom is -0.487 e. The van der Waals surface area contributed by atoms with E-state index in [9.17, 15) is 18.8 Å². The summed E-state index contributed by atoms with van der Waals surface area (Å²) in [6.07, 6.45) is 3.73. The standard InChI is InChI=1S/C30H28ClFN6O4/c1-38(2)29(41)11-10-27(39)33-13-12-28(40)36-21-6-8-25-23(15-21)30(35-18-34-25)37-22-7-9-26(24(31)16-22)42-17-19-4-3-5-20(32)14-19/h3-11,14-16,18H,12-13,17H2,1-2H3,(H,33,39)(H,36,40)(H,34,35,37). The second kappa shape index (κ2) is 14.0. The first-order chi connectivity index (χ1) is 20.2. The van der Waals surface area contributed by atoms with Crippen LogP contribution in [-0.2, 0) is 21.0 Å². The van der Waals surface area contributed by atoms with Crippen molar-refractivity contribution in [2.24, 2.45) is 0 Å². The average molecular weight is 591 g/mol. The van der Waals surface area contributed by atoms with Gasteiger partial charge in [-0.1, -0.05) is 23.7 Å². The molecule has 3 amide bonds. The maximum absolute atomic E-state index is 13.4. The average Bonchev–Trinajstić information content (AvgIpc) is 2.95. The Kier molecular flexibility index (Phi) is 10.0. The van der Waals surface area contributed by atoms with Crippen LogP contribution in [0.4, 0.5) is 21.6 Å². The van der Waals surface area contributed by atoms with E-state index in [2.05, 4.69) is 25.9 Å². The van der Waals surface area contributed by atoms with Crippen molar-refractivity contribution in [1.29, 1.82) is 0 Å². The minimum atomic E-state index is -0.470. The van der Waals surface area contributed by atoms with Crippen molar-refractivity contribution < 1.29 is 23.5 Å². The molecule has 42 heavy (non-hydrogen) atoms. The van der Waals surface area contributed by atoms with Gasteiger partial charge in [0.1, 0.15) is 30.3 Å². The summed E-state index contributed by atoms with van der Waals surface area (Å²) in [6.45, 7) is 0.258. The molecule has 0 radical (unpaired) electrons. The maximum Gasteiger partial charge on any atom is 0.246 e. The van der Waals surface area contributed by atoms with Crippen molar-refractivity contribution in [3.63, 3.8) is 0 Å².